The fraction of sp³-hybridized carbons (Fsp3) is 0.111. The van der Waals surface area contributed by atoms with E-state index in [0.717, 1.165) is 0 Å². The number of halogens is 2. The molecule has 3 aromatic rings. The summed E-state index contributed by atoms with van der Waals surface area (Å²) in [7, 11) is 1.50. The number of anilines is 1. The Morgan fingerprint density at radius 1 is 1.17 bits per heavy atom. The Balaban J connectivity index is 2.07. The van der Waals surface area contributed by atoms with Crippen LogP contribution in [0.15, 0.2) is 53.1 Å². The van der Waals surface area contributed by atoms with Gasteiger partial charge in [0.05, 0.1) is 10.7 Å². The molecule has 1 heterocycles. The van der Waals surface area contributed by atoms with E-state index in [1.165, 1.54) is 24.1 Å². The highest BCUT2D eigenvalue weighted by Gasteiger charge is 2.27. The highest BCUT2D eigenvalue weighted by atomic mass is 35.5. The number of hydrogen-bond donors (Lipinski definition) is 0. The minimum absolute atomic E-state index is 0.174. The zero-order valence-corrected chi connectivity index (χ0v) is 13.8. The van der Waals surface area contributed by atoms with Crippen molar-refractivity contribution in [2.75, 3.05) is 11.9 Å². The van der Waals surface area contributed by atoms with Crippen LogP contribution < -0.4 is 4.90 Å². The molecular formula is C18H14ClFN2O2. The molecule has 0 aliphatic rings. The fourth-order valence-corrected chi connectivity index (χ4v) is 2.69. The monoisotopic (exact) mass is 344 g/mol. The number of rotatable bonds is 3. The molecule has 3 rings (SSSR count). The van der Waals surface area contributed by atoms with E-state index in [1.54, 1.807) is 43.3 Å². The lowest BCUT2D eigenvalue weighted by atomic mass is 10.0. The molecule has 4 nitrogen and oxygen atoms in total. The molecule has 0 aliphatic carbocycles. The number of nitrogens with zero attached hydrogens (tertiary/aromatic N) is 2. The van der Waals surface area contributed by atoms with Crippen LogP contribution in [0.25, 0.3) is 11.3 Å². The minimum atomic E-state index is -0.484. The molecule has 0 spiro atoms. The first-order valence-electron chi connectivity index (χ1n) is 7.24. The van der Waals surface area contributed by atoms with Gasteiger partial charge in [0.2, 0.25) is 0 Å². The maximum Gasteiger partial charge on any atom is 0.263 e. The lowest BCUT2D eigenvalue weighted by Crippen LogP contribution is -2.27. The molecular weight excluding hydrogens is 331 g/mol. The van der Waals surface area contributed by atoms with Crippen LogP contribution in [0.1, 0.15) is 16.1 Å². The van der Waals surface area contributed by atoms with Gasteiger partial charge in [0.15, 0.2) is 0 Å². The number of carbonyl (C=O) groups excluding carboxylic acids is 1. The summed E-state index contributed by atoms with van der Waals surface area (Å²) in [6.07, 6.45) is 0. The second kappa shape index (κ2) is 6.45. The summed E-state index contributed by atoms with van der Waals surface area (Å²) in [6, 6.07) is 13.1. The average Bonchev–Trinajstić information content (AvgIpc) is 2.96. The van der Waals surface area contributed by atoms with Crippen LogP contribution >= 0.6 is 11.6 Å². The number of carbonyl (C=O) groups is 1. The van der Waals surface area contributed by atoms with E-state index in [0.29, 0.717) is 22.0 Å². The molecule has 1 amide bonds. The number of aromatic nitrogens is 1. The lowest BCUT2D eigenvalue weighted by molar-refractivity contribution is 0.0991. The van der Waals surface area contributed by atoms with Crippen LogP contribution in [0.5, 0.6) is 0 Å². The van der Waals surface area contributed by atoms with E-state index >= 15 is 0 Å². The normalized spacial score (nSPS) is 10.7. The van der Waals surface area contributed by atoms with Crippen LogP contribution in [-0.2, 0) is 0 Å². The SMILES string of the molecule is Cc1onc(-c2ccccc2Cl)c1C(=O)N(C)c1ccccc1F. The maximum atomic E-state index is 14.0. The molecule has 0 radical (unpaired) electrons. The second-order valence-corrected chi connectivity index (χ2v) is 5.66. The standard InChI is InChI=1S/C18H14ClFN2O2/c1-11-16(17(21-24-11)12-7-3-4-8-13(12)19)18(23)22(2)15-10-6-5-9-14(15)20/h3-10H,1-2H3. The number of hydrogen-bond acceptors (Lipinski definition) is 3. The summed E-state index contributed by atoms with van der Waals surface area (Å²) in [5.74, 6) is -0.561. The summed E-state index contributed by atoms with van der Waals surface area (Å²) in [5.41, 5.74) is 1.36. The molecule has 0 atom stereocenters. The quantitative estimate of drug-likeness (QED) is 0.690. The fourth-order valence-electron chi connectivity index (χ4n) is 2.46. The summed E-state index contributed by atoms with van der Waals surface area (Å²) in [4.78, 5) is 14.1. The Labute approximate surface area is 143 Å². The van der Waals surface area contributed by atoms with Gasteiger partial charge >= 0.3 is 0 Å². The van der Waals surface area contributed by atoms with Gasteiger partial charge in [-0.05, 0) is 25.1 Å². The van der Waals surface area contributed by atoms with Gasteiger partial charge in [0.25, 0.3) is 5.91 Å². The third kappa shape index (κ3) is 2.78. The van der Waals surface area contributed by atoms with Crippen LogP contribution in [0.2, 0.25) is 5.02 Å². The van der Waals surface area contributed by atoms with Crippen molar-refractivity contribution in [1.82, 2.24) is 5.16 Å². The van der Waals surface area contributed by atoms with Crippen LogP contribution in [0.3, 0.4) is 0 Å². The van der Waals surface area contributed by atoms with Crippen molar-refractivity contribution in [3.05, 3.63) is 70.7 Å². The van der Waals surface area contributed by atoms with Gasteiger partial charge in [-0.1, -0.05) is 47.1 Å². The first kappa shape index (κ1) is 16.2. The van der Waals surface area contributed by atoms with Gasteiger partial charge in [-0.25, -0.2) is 4.39 Å². The summed E-state index contributed by atoms with van der Waals surface area (Å²) >= 11 is 6.20. The van der Waals surface area contributed by atoms with Gasteiger partial charge in [-0.15, -0.1) is 0 Å². The zero-order valence-electron chi connectivity index (χ0n) is 13.1. The van der Waals surface area contributed by atoms with Gasteiger partial charge in [-0.3, -0.25) is 4.79 Å². The van der Waals surface area contributed by atoms with Crippen molar-refractivity contribution >= 4 is 23.2 Å². The molecule has 0 saturated carbocycles. The predicted octanol–water partition coefficient (Wildman–Crippen LogP) is 4.72. The van der Waals surface area contributed by atoms with Crippen molar-refractivity contribution in [2.45, 2.75) is 6.92 Å². The Morgan fingerprint density at radius 2 is 1.83 bits per heavy atom. The van der Waals surface area contributed by atoms with E-state index in [2.05, 4.69) is 5.16 Å². The first-order chi connectivity index (χ1) is 11.5. The van der Waals surface area contributed by atoms with Crippen molar-refractivity contribution in [3.8, 4) is 11.3 Å². The van der Waals surface area contributed by atoms with E-state index < -0.39 is 11.7 Å². The third-order valence-electron chi connectivity index (χ3n) is 3.72. The average molecular weight is 345 g/mol. The summed E-state index contributed by atoms with van der Waals surface area (Å²) < 4.78 is 19.2. The zero-order chi connectivity index (χ0) is 17.3. The van der Waals surface area contributed by atoms with Crippen molar-refractivity contribution in [1.29, 1.82) is 0 Å². The Hall–Kier alpha value is -2.66. The Bertz CT molecular complexity index is 908. The highest BCUT2D eigenvalue weighted by Crippen LogP contribution is 2.32. The third-order valence-corrected chi connectivity index (χ3v) is 4.05. The van der Waals surface area contributed by atoms with E-state index in [1.807, 2.05) is 0 Å². The minimum Gasteiger partial charge on any atom is -0.360 e. The molecule has 2 aromatic carbocycles. The van der Waals surface area contributed by atoms with Crippen LogP contribution in [0.4, 0.5) is 10.1 Å². The molecule has 24 heavy (non-hydrogen) atoms. The number of benzene rings is 2. The van der Waals surface area contributed by atoms with Crippen molar-refractivity contribution in [3.63, 3.8) is 0 Å². The second-order valence-electron chi connectivity index (χ2n) is 5.26. The molecule has 0 bridgehead atoms. The molecule has 6 heteroatoms. The largest absolute Gasteiger partial charge is 0.360 e. The van der Waals surface area contributed by atoms with E-state index in [9.17, 15) is 9.18 Å². The lowest BCUT2D eigenvalue weighted by Gasteiger charge is -2.18. The molecule has 0 saturated heterocycles. The Kier molecular flexibility index (Phi) is 4.36. The number of aryl methyl sites for hydroxylation is 1. The molecule has 0 fully saturated rings. The Morgan fingerprint density at radius 3 is 2.54 bits per heavy atom. The van der Waals surface area contributed by atoms with E-state index in [-0.39, 0.29) is 11.3 Å². The van der Waals surface area contributed by atoms with Crippen molar-refractivity contribution < 1.29 is 13.7 Å². The summed E-state index contributed by atoms with van der Waals surface area (Å²) in [6.45, 7) is 1.63. The van der Waals surface area contributed by atoms with Gasteiger partial charge < -0.3 is 9.42 Å². The van der Waals surface area contributed by atoms with Crippen LogP contribution in [0, 0.1) is 12.7 Å². The van der Waals surface area contributed by atoms with Crippen molar-refractivity contribution in [2.24, 2.45) is 0 Å². The van der Waals surface area contributed by atoms with Gasteiger partial charge in [0.1, 0.15) is 22.8 Å². The van der Waals surface area contributed by atoms with Gasteiger partial charge in [-0.2, -0.15) is 0 Å². The van der Waals surface area contributed by atoms with Crippen LogP contribution in [-0.4, -0.2) is 18.1 Å². The number of para-hydroxylation sites is 1. The molecule has 0 unspecified atom stereocenters. The first-order valence-corrected chi connectivity index (χ1v) is 7.62. The summed E-state index contributed by atoms with van der Waals surface area (Å²) in [5, 5.41) is 4.42. The molecule has 122 valence electrons. The molecule has 0 N–H and O–H groups in total. The molecule has 0 aliphatic heterocycles. The number of amides is 1. The molecule has 1 aromatic heterocycles. The topological polar surface area (TPSA) is 46.3 Å². The predicted molar refractivity (Wildman–Crippen MR) is 90.8 cm³/mol. The smallest absolute Gasteiger partial charge is 0.263 e. The highest BCUT2D eigenvalue weighted by molar-refractivity contribution is 6.33. The maximum absolute atomic E-state index is 14.0. The van der Waals surface area contributed by atoms with E-state index in [4.69, 9.17) is 16.1 Å². The van der Waals surface area contributed by atoms with Gasteiger partial charge in [0, 0.05) is 12.6 Å².